The average molecular weight is 258 g/mol. The first-order valence-electron chi connectivity index (χ1n) is 7.20. The Labute approximate surface area is 109 Å². The Morgan fingerprint density at radius 2 is 1.89 bits per heavy atom. The van der Waals surface area contributed by atoms with Crippen molar-refractivity contribution in [2.24, 2.45) is 0 Å². The summed E-state index contributed by atoms with van der Waals surface area (Å²) in [6.45, 7) is 2.18. The summed E-state index contributed by atoms with van der Waals surface area (Å²) in [5.41, 5.74) is 0. The van der Waals surface area contributed by atoms with Crippen molar-refractivity contribution in [2.45, 2.75) is 83.0 Å². The molecule has 1 rings (SSSR count). The molecule has 0 aromatic carbocycles. The van der Waals surface area contributed by atoms with Crippen LogP contribution in [0, 0.1) is 0 Å². The molecule has 18 heavy (non-hydrogen) atoms. The first-order valence-corrected chi connectivity index (χ1v) is 7.20. The summed E-state index contributed by atoms with van der Waals surface area (Å²) in [4.78, 5) is 10.9. The number of ether oxygens (including phenoxy) is 1. The van der Waals surface area contributed by atoms with E-state index in [0.29, 0.717) is 19.3 Å². The minimum Gasteiger partial charge on any atom is -0.459 e. The van der Waals surface area contributed by atoms with Crippen LogP contribution in [0.15, 0.2) is 0 Å². The monoisotopic (exact) mass is 258 g/mol. The summed E-state index contributed by atoms with van der Waals surface area (Å²) in [5.74, 6) is -0.272. The van der Waals surface area contributed by atoms with Crippen molar-refractivity contribution in [3.63, 3.8) is 0 Å². The fraction of sp³-hybridized carbons (Fsp3) is 0.929. The van der Waals surface area contributed by atoms with Crippen LogP contribution in [0.4, 0.5) is 0 Å². The van der Waals surface area contributed by atoms with Gasteiger partial charge in [0.25, 0.3) is 0 Å². The number of aliphatic hydroxyl groups excluding tert-OH is 2. The lowest BCUT2D eigenvalue weighted by Gasteiger charge is -2.22. The molecule has 0 saturated carbocycles. The normalized spacial score (nSPS) is 22.8. The minimum absolute atomic E-state index is 0.272. The highest BCUT2D eigenvalue weighted by molar-refractivity contribution is 5.71. The second-order valence-corrected chi connectivity index (χ2v) is 5.18. The quantitative estimate of drug-likeness (QED) is 0.491. The van der Waals surface area contributed by atoms with Gasteiger partial charge in [-0.25, -0.2) is 0 Å². The lowest BCUT2D eigenvalue weighted by molar-refractivity contribution is -0.149. The molecule has 4 nitrogen and oxygen atoms in total. The van der Waals surface area contributed by atoms with Gasteiger partial charge < -0.3 is 14.9 Å². The van der Waals surface area contributed by atoms with E-state index < -0.39 is 18.3 Å². The summed E-state index contributed by atoms with van der Waals surface area (Å²) in [6, 6.07) is 0. The number of carbonyl (C=O) groups excluding carboxylic acids is 1. The van der Waals surface area contributed by atoms with Gasteiger partial charge in [-0.2, -0.15) is 0 Å². The fourth-order valence-electron chi connectivity index (χ4n) is 2.34. The summed E-state index contributed by atoms with van der Waals surface area (Å²) in [7, 11) is 0. The van der Waals surface area contributed by atoms with Crippen molar-refractivity contribution in [3.8, 4) is 0 Å². The molecule has 0 spiro atoms. The smallest absolute Gasteiger partial charge is 0.306 e. The minimum atomic E-state index is -0.924. The standard InChI is InChI=1S/C14H26O4/c1-2-3-4-5-6-7-8-11(15)14(17)12-9-10-13(16)18-12/h11-12,14-15,17H,2-10H2,1H3/t11-,12-,14+/m1/s1. The predicted molar refractivity (Wildman–Crippen MR) is 69.1 cm³/mol. The van der Waals surface area contributed by atoms with E-state index in [2.05, 4.69) is 6.92 Å². The van der Waals surface area contributed by atoms with E-state index in [1.807, 2.05) is 0 Å². The van der Waals surface area contributed by atoms with E-state index in [1.165, 1.54) is 25.7 Å². The number of aliphatic hydroxyl groups is 2. The number of hydrogen-bond acceptors (Lipinski definition) is 4. The molecule has 1 aliphatic rings. The molecule has 1 heterocycles. The van der Waals surface area contributed by atoms with Crippen molar-refractivity contribution in [1.82, 2.24) is 0 Å². The molecular formula is C14H26O4. The number of unbranched alkanes of at least 4 members (excludes halogenated alkanes) is 5. The summed E-state index contributed by atoms with van der Waals surface area (Å²) >= 11 is 0. The van der Waals surface area contributed by atoms with E-state index in [0.717, 1.165) is 12.8 Å². The van der Waals surface area contributed by atoms with Crippen LogP contribution in [0.25, 0.3) is 0 Å². The van der Waals surface area contributed by atoms with Crippen molar-refractivity contribution in [3.05, 3.63) is 0 Å². The molecule has 0 aromatic rings. The van der Waals surface area contributed by atoms with Crippen LogP contribution in [0.1, 0.15) is 64.7 Å². The number of carbonyl (C=O) groups is 1. The van der Waals surface area contributed by atoms with Gasteiger partial charge >= 0.3 is 5.97 Å². The molecule has 1 saturated heterocycles. The Kier molecular flexibility index (Phi) is 7.28. The first-order chi connectivity index (χ1) is 8.65. The summed E-state index contributed by atoms with van der Waals surface area (Å²) in [6.07, 6.45) is 6.20. The van der Waals surface area contributed by atoms with Gasteiger partial charge in [-0.3, -0.25) is 4.79 Å². The van der Waals surface area contributed by atoms with Gasteiger partial charge in [0.05, 0.1) is 6.10 Å². The molecule has 2 N–H and O–H groups in total. The topological polar surface area (TPSA) is 66.8 Å². The van der Waals surface area contributed by atoms with Gasteiger partial charge in [0, 0.05) is 6.42 Å². The average Bonchev–Trinajstić information content (AvgIpc) is 2.79. The van der Waals surface area contributed by atoms with E-state index in [-0.39, 0.29) is 5.97 Å². The van der Waals surface area contributed by atoms with Crippen LogP contribution in [-0.4, -0.2) is 34.5 Å². The molecule has 0 radical (unpaired) electrons. The third kappa shape index (κ3) is 5.36. The molecule has 1 fully saturated rings. The van der Waals surface area contributed by atoms with Gasteiger partial charge in [0.15, 0.2) is 0 Å². The summed E-state index contributed by atoms with van der Waals surface area (Å²) < 4.78 is 4.95. The van der Waals surface area contributed by atoms with Gasteiger partial charge in [-0.1, -0.05) is 45.4 Å². The van der Waals surface area contributed by atoms with Crippen molar-refractivity contribution in [1.29, 1.82) is 0 Å². The van der Waals surface area contributed by atoms with E-state index >= 15 is 0 Å². The van der Waals surface area contributed by atoms with Crippen LogP contribution in [0.3, 0.4) is 0 Å². The number of cyclic esters (lactones) is 1. The Morgan fingerprint density at radius 3 is 2.50 bits per heavy atom. The third-order valence-corrected chi connectivity index (χ3v) is 3.54. The molecule has 0 bridgehead atoms. The van der Waals surface area contributed by atoms with Gasteiger partial charge in [0.2, 0.25) is 0 Å². The third-order valence-electron chi connectivity index (χ3n) is 3.54. The first kappa shape index (κ1) is 15.4. The number of hydrogen-bond donors (Lipinski definition) is 2. The van der Waals surface area contributed by atoms with Crippen molar-refractivity contribution >= 4 is 5.97 Å². The zero-order valence-electron chi connectivity index (χ0n) is 11.3. The van der Waals surface area contributed by atoms with Gasteiger partial charge in [0.1, 0.15) is 12.2 Å². The lowest BCUT2D eigenvalue weighted by atomic mass is 9.99. The highest BCUT2D eigenvalue weighted by atomic mass is 16.6. The lowest BCUT2D eigenvalue weighted by Crippen LogP contribution is -2.37. The van der Waals surface area contributed by atoms with Gasteiger partial charge in [-0.15, -0.1) is 0 Å². The van der Waals surface area contributed by atoms with Crippen LogP contribution >= 0.6 is 0 Å². The maximum Gasteiger partial charge on any atom is 0.306 e. The number of esters is 1. The Hall–Kier alpha value is -0.610. The number of rotatable bonds is 9. The highest BCUT2D eigenvalue weighted by Crippen LogP contribution is 2.21. The Morgan fingerprint density at radius 1 is 1.22 bits per heavy atom. The molecule has 106 valence electrons. The predicted octanol–water partition coefficient (Wildman–Crippen LogP) is 2.16. The maximum absolute atomic E-state index is 10.9. The molecule has 1 aliphatic heterocycles. The SMILES string of the molecule is CCCCCCCC[C@@H](O)[C@H](O)[C@H]1CCC(=O)O1. The van der Waals surface area contributed by atoms with Crippen LogP contribution in [0.5, 0.6) is 0 Å². The van der Waals surface area contributed by atoms with Crippen molar-refractivity contribution in [2.75, 3.05) is 0 Å². The van der Waals surface area contributed by atoms with Gasteiger partial charge in [-0.05, 0) is 12.8 Å². The van der Waals surface area contributed by atoms with E-state index in [9.17, 15) is 15.0 Å². The zero-order chi connectivity index (χ0) is 13.4. The van der Waals surface area contributed by atoms with Crippen molar-refractivity contribution < 1.29 is 19.7 Å². The molecule has 3 atom stereocenters. The molecule has 0 aliphatic carbocycles. The fourth-order valence-corrected chi connectivity index (χ4v) is 2.34. The second-order valence-electron chi connectivity index (χ2n) is 5.18. The Bertz CT molecular complexity index is 242. The van der Waals surface area contributed by atoms with Crippen LogP contribution < -0.4 is 0 Å². The molecule has 0 unspecified atom stereocenters. The maximum atomic E-state index is 10.9. The van der Waals surface area contributed by atoms with Crippen LogP contribution in [-0.2, 0) is 9.53 Å². The van der Waals surface area contributed by atoms with E-state index in [1.54, 1.807) is 0 Å². The highest BCUT2D eigenvalue weighted by Gasteiger charge is 2.33. The molecule has 4 heteroatoms. The Balaban J connectivity index is 2.08. The molecule has 0 aromatic heterocycles. The van der Waals surface area contributed by atoms with E-state index in [4.69, 9.17) is 4.74 Å². The second kappa shape index (κ2) is 8.48. The summed E-state index contributed by atoms with van der Waals surface area (Å²) in [5, 5.41) is 19.7. The molecule has 0 amide bonds. The zero-order valence-corrected chi connectivity index (χ0v) is 11.3. The van der Waals surface area contributed by atoms with Crippen LogP contribution in [0.2, 0.25) is 0 Å². The molecular weight excluding hydrogens is 232 g/mol. The largest absolute Gasteiger partial charge is 0.459 e.